The average molecular weight is 385 g/mol. The molecule has 0 aliphatic carbocycles. The van der Waals surface area contributed by atoms with Gasteiger partial charge < -0.3 is 20.4 Å². The summed E-state index contributed by atoms with van der Waals surface area (Å²) in [6, 6.07) is 12.0. The summed E-state index contributed by atoms with van der Waals surface area (Å²) < 4.78 is 0. The number of nitrogens with zero attached hydrogens (tertiary/aromatic N) is 1. The van der Waals surface area contributed by atoms with Gasteiger partial charge in [-0.25, -0.2) is 0 Å². The van der Waals surface area contributed by atoms with Crippen molar-refractivity contribution in [2.24, 2.45) is 0 Å². The second kappa shape index (κ2) is 7.77. The number of nitrogens with one attached hydrogen (secondary N) is 1. The Morgan fingerprint density at radius 2 is 1.70 bits per heavy atom. The van der Waals surface area contributed by atoms with Gasteiger partial charge in [-0.15, -0.1) is 0 Å². The van der Waals surface area contributed by atoms with Gasteiger partial charge in [0.2, 0.25) is 0 Å². The highest BCUT2D eigenvalue weighted by atomic mass is 32.1. The average Bonchev–Trinajstić information content (AvgIpc) is 2.82. The molecule has 1 aliphatic heterocycles. The Morgan fingerprint density at radius 3 is 2.33 bits per heavy atom. The Labute approximate surface area is 166 Å². The standard InChI is InChI=1S/C22H28N2O2S/c1-22(2,3)18-8-6-15(7-9-18)13-23-21(27)24-10-4-5-16-11-19(25)20(26)12-17(16)14-24/h6-9,11-12,25-26H,4-5,10,13-14H2,1-3H3,(H,23,27). The molecule has 0 aromatic heterocycles. The smallest absolute Gasteiger partial charge is 0.169 e. The predicted octanol–water partition coefficient (Wildman–Crippen LogP) is 4.22. The molecule has 2 aromatic carbocycles. The molecule has 1 aliphatic rings. The maximum absolute atomic E-state index is 9.81. The molecule has 2 aromatic rings. The van der Waals surface area contributed by atoms with Crippen LogP contribution < -0.4 is 5.32 Å². The summed E-state index contributed by atoms with van der Waals surface area (Å²) in [6.07, 6.45) is 1.83. The van der Waals surface area contributed by atoms with Crippen molar-refractivity contribution < 1.29 is 10.2 Å². The van der Waals surface area contributed by atoms with E-state index in [0.29, 0.717) is 13.1 Å². The van der Waals surface area contributed by atoms with Crippen LogP contribution >= 0.6 is 12.2 Å². The van der Waals surface area contributed by atoms with Crippen LogP contribution in [-0.2, 0) is 24.9 Å². The molecule has 1 heterocycles. The van der Waals surface area contributed by atoms with Crippen LogP contribution in [-0.4, -0.2) is 26.8 Å². The van der Waals surface area contributed by atoms with E-state index in [-0.39, 0.29) is 16.9 Å². The predicted molar refractivity (Wildman–Crippen MR) is 113 cm³/mol. The van der Waals surface area contributed by atoms with Crippen LogP contribution in [0.2, 0.25) is 0 Å². The summed E-state index contributed by atoms with van der Waals surface area (Å²) in [5.41, 5.74) is 4.76. The molecule has 3 N–H and O–H groups in total. The van der Waals surface area contributed by atoms with Crippen LogP contribution in [0.25, 0.3) is 0 Å². The van der Waals surface area contributed by atoms with Crippen LogP contribution in [0, 0.1) is 0 Å². The zero-order valence-corrected chi connectivity index (χ0v) is 17.1. The van der Waals surface area contributed by atoms with Gasteiger partial charge in [-0.3, -0.25) is 0 Å². The lowest BCUT2D eigenvalue weighted by Gasteiger charge is -2.25. The van der Waals surface area contributed by atoms with E-state index < -0.39 is 0 Å². The molecule has 0 radical (unpaired) electrons. The summed E-state index contributed by atoms with van der Waals surface area (Å²) in [5.74, 6) is -0.130. The highest BCUT2D eigenvalue weighted by Gasteiger charge is 2.19. The SMILES string of the molecule is CC(C)(C)c1ccc(CNC(=S)N2CCCc3cc(O)c(O)cc3C2)cc1. The lowest BCUT2D eigenvalue weighted by molar-refractivity contribution is 0.397. The number of phenols is 2. The van der Waals surface area contributed by atoms with Crippen molar-refractivity contribution in [2.45, 2.75) is 52.1 Å². The first-order valence-electron chi connectivity index (χ1n) is 9.40. The molecular weight excluding hydrogens is 356 g/mol. The van der Waals surface area contributed by atoms with Crippen LogP contribution in [0.4, 0.5) is 0 Å². The third-order valence-electron chi connectivity index (χ3n) is 5.08. The van der Waals surface area contributed by atoms with E-state index in [4.69, 9.17) is 12.2 Å². The van der Waals surface area contributed by atoms with Gasteiger partial charge in [0.25, 0.3) is 0 Å². The van der Waals surface area contributed by atoms with E-state index in [1.54, 1.807) is 12.1 Å². The molecule has 0 amide bonds. The molecule has 0 saturated carbocycles. The van der Waals surface area contributed by atoms with Gasteiger partial charge in [-0.05, 0) is 64.9 Å². The highest BCUT2D eigenvalue weighted by molar-refractivity contribution is 7.80. The molecule has 0 fully saturated rings. The van der Waals surface area contributed by atoms with Crippen molar-refractivity contribution in [1.29, 1.82) is 0 Å². The number of thiocarbonyl (C=S) groups is 1. The van der Waals surface area contributed by atoms with E-state index in [9.17, 15) is 10.2 Å². The van der Waals surface area contributed by atoms with Crippen molar-refractivity contribution in [3.8, 4) is 11.5 Å². The van der Waals surface area contributed by atoms with E-state index in [1.807, 2.05) is 0 Å². The number of aryl methyl sites for hydroxylation is 1. The first-order valence-corrected chi connectivity index (χ1v) is 9.81. The molecule has 4 nitrogen and oxygen atoms in total. The monoisotopic (exact) mass is 384 g/mol. The summed E-state index contributed by atoms with van der Waals surface area (Å²) in [7, 11) is 0. The van der Waals surface area contributed by atoms with Crippen molar-refractivity contribution in [3.63, 3.8) is 0 Å². The molecule has 0 unspecified atom stereocenters. The fraction of sp³-hybridized carbons (Fsp3) is 0.409. The third-order valence-corrected chi connectivity index (χ3v) is 5.49. The van der Waals surface area contributed by atoms with Crippen LogP contribution in [0.5, 0.6) is 11.5 Å². The highest BCUT2D eigenvalue weighted by Crippen LogP contribution is 2.31. The lowest BCUT2D eigenvalue weighted by atomic mass is 9.87. The van der Waals surface area contributed by atoms with Crippen LogP contribution in [0.1, 0.15) is 49.4 Å². The molecule has 144 valence electrons. The van der Waals surface area contributed by atoms with E-state index >= 15 is 0 Å². The van der Waals surface area contributed by atoms with Gasteiger partial charge in [0.1, 0.15) is 0 Å². The third kappa shape index (κ3) is 4.72. The van der Waals surface area contributed by atoms with E-state index in [0.717, 1.165) is 35.6 Å². The van der Waals surface area contributed by atoms with E-state index in [2.05, 4.69) is 55.3 Å². The first kappa shape index (κ1) is 19.5. The molecule has 5 heteroatoms. The first-order chi connectivity index (χ1) is 12.7. The minimum absolute atomic E-state index is 0.0541. The molecule has 0 atom stereocenters. The Kier molecular flexibility index (Phi) is 5.61. The Bertz CT molecular complexity index is 825. The van der Waals surface area contributed by atoms with Crippen molar-refractivity contribution >= 4 is 17.3 Å². The van der Waals surface area contributed by atoms with Gasteiger partial charge in [0.15, 0.2) is 16.6 Å². The maximum atomic E-state index is 9.81. The molecule has 0 saturated heterocycles. The molecule has 27 heavy (non-hydrogen) atoms. The topological polar surface area (TPSA) is 55.7 Å². The number of rotatable bonds is 2. The Balaban J connectivity index is 1.63. The summed E-state index contributed by atoms with van der Waals surface area (Å²) in [4.78, 5) is 2.13. The largest absolute Gasteiger partial charge is 0.504 e. The van der Waals surface area contributed by atoms with Gasteiger partial charge in [0, 0.05) is 19.6 Å². The Hall–Kier alpha value is -2.27. The summed E-state index contributed by atoms with van der Waals surface area (Å²) in [5, 5.41) is 23.6. The van der Waals surface area contributed by atoms with Crippen molar-refractivity contribution in [2.75, 3.05) is 6.54 Å². The normalized spacial score (nSPS) is 14.4. The lowest BCUT2D eigenvalue weighted by Crippen LogP contribution is -2.39. The van der Waals surface area contributed by atoms with Crippen LogP contribution in [0.3, 0.4) is 0 Å². The second-order valence-corrected chi connectivity index (χ2v) is 8.63. The van der Waals surface area contributed by atoms with Crippen molar-refractivity contribution in [3.05, 3.63) is 58.7 Å². The molecule has 0 bridgehead atoms. The number of phenolic OH excluding ortho intramolecular Hbond substituents is 2. The van der Waals surface area contributed by atoms with Crippen molar-refractivity contribution in [1.82, 2.24) is 10.2 Å². The van der Waals surface area contributed by atoms with Gasteiger partial charge in [-0.2, -0.15) is 0 Å². The van der Waals surface area contributed by atoms with Gasteiger partial charge in [0.05, 0.1) is 0 Å². The summed E-state index contributed by atoms with van der Waals surface area (Å²) in [6.45, 7) is 8.81. The fourth-order valence-electron chi connectivity index (χ4n) is 3.37. The minimum Gasteiger partial charge on any atom is -0.504 e. The Morgan fingerprint density at radius 1 is 1.07 bits per heavy atom. The molecule has 0 spiro atoms. The number of hydrogen-bond acceptors (Lipinski definition) is 3. The fourth-order valence-corrected chi connectivity index (χ4v) is 3.60. The van der Waals surface area contributed by atoms with Crippen LogP contribution in [0.15, 0.2) is 36.4 Å². The zero-order valence-electron chi connectivity index (χ0n) is 16.2. The summed E-state index contributed by atoms with van der Waals surface area (Å²) >= 11 is 5.61. The second-order valence-electron chi connectivity index (χ2n) is 8.24. The minimum atomic E-state index is -0.0755. The maximum Gasteiger partial charge on any atom is 0.169 e. The van der Waals surface area contributed by atoms with Gasteiger partial charge >= 0.3 is 0 Å². The quantitative estimate of drug-likeness (QED) is 0.535. The molecule has 3 rings (SSSR count). The number of aromatic hydroxyl groups is 2. The number of benzene rings is 2. The molecular formula is C22H28N2O2S. The van der Waals surface area contributed by atoms with E-state index in [1.165, 1.54) is 11.1 Å². The number of fused-ring (bicyclic) bond motifs is 1. The number of hydrogen-bond donors (Lipinski definition) is 3. The van der Waals surface area contributed by atoms with Gasteiger partial charge in [-0.1, -0.05) is 45.0 Å². The zero-order chi connectivity index (χ0) is 19.6.